The van der Waals surface area contributed by atoms with E-state index in [0.717, 1.165) is 11.3 Å². The van der Waals surface area contributed by atoms with E-state index in [0.29, 0.717) is 16.6 Å². The molecule has 0 atom stereocenters. The van der Waals surface area contributed by atoms with Gasteiger partial charge in [0, 0.05) is 28.4 Å². The van der Waals surface area contributed by atoms with Gasteiger partial charge in [-0.15, -0.1) is 0 Å². The van der Waals surface area contributed by atoms with Gasteiger partial charge in [-0.2, -0.15) is 5.10 Å². The number of H-pyrrole nitrogens is 1. The molecule has 2 aromatic carbocycles. The lowest BCUT2D eigenvalue weighted by Crippen LogP contribution is -2.12. The fraction of sp³-hybridized carbons (Fsp3) is 0.0526. The quantitative estimate of drug-likeness (QED) is 0.578. The summed E-state index contributed by atoms with van der Waals surface area (Å²) in [4.78, 5) is 12.6. The molecule has 1 amide bonds. The predicted molar refractivity (Wildman–Crippen MR) is 92.9 cm³/mol. The van der Waals surface area contributed by atoms with E-state index in [-0.39, 0.29) is 11.3 Å². The van der Waals surface area contributed by atoms with Gasteiger partial charge in [-0.1, -0.05) is 24.3 Å². The second kappa shape index (κ2) is 5.90. The van der Waals surface area contributed by atoms with Crippen LogP contribution in [0.15, 0.2) is 59.1 Å². The summed E-state index contributed by atoms with van der Waals surface area (Å²) in [5, 5.41) is 10.2. The van der Waals surface area contributed by atoms with E-state index >= 15 is 0 Å². The summed E-state index contributed by atoms with van der Waals surface area (Å²) < 4.78 is 19.3. The highest BCUT2D eigenvalue weighted by atomic mass is 19.1. The van der Waals surface area contributed by atoms with Gasteiger partial charge in [-0.05, 0) is 31.2 Å². The van der Waals surface area contributed by atoms with Crippen LogP contribution in [-0.4, -0.2) is 16.1 Å². The van der Waals surface area contributed by atoms with E-state index in [1.54, 1.807) is 31.3 Å². The number of benzene rings is 2. The summed E-state index contributed by atoms with van der Waals surface area (Å²) >= 11 is 0. The maximum atomic E-state index is 13.8. The fourth-order valence-electron chi connectivity index (χ4n) is 2.79. The monoisotopic (exact) mass is 335 g/mol. The van der Waals surface area contributed by atoms with Gasteiger partial charge in [-0.25, -0.2) is 4.39 Å². The van der Waals surface area contributed by atoms with Crippen LogP contribution in [0.2, 0.25) is 0 Å². The van der Waals surface area contributed by atoms with Gasteiger partial charge in [0.05, 0.1) is 5.69 Å². The van der Waals surface area contributed by atoms with Gasteiger partial charge < -0.3 is 9.73 Å². The van der Waals surface area contributed by atoms with Gasteiger partial charge in [-0.3, -0.25) is 9.89 Å². The van der Waals surface area contributed by atoms with Crippen molar-refractivity contribution in [2.45, 2.75) is 6.92 Å². The lowest BCUT2D eigenvalue weighted by atomic mass is 10.1. The average Bonchev–Trinajstić information content (AvgIpc) is 3.25. The number of halogens is 1. The number of amides is 1. The number of anilines is 1. The topological polar surface area (TPSA) is 70.9 Å². The number of fused-ring (bicyclic) bond motifs is 1. The van der Waals surface area contributed by atoms with Crippen molar-refractivity contribution in [1.82, 2.24) is 10.2 Å². The highest BCUT2D eigenvalue weighted by Crippen LogP contribution is 2.28. The van der Waals surface area contributed by atoms with E-state index in [9.17, 15) is 9.18 Å². The van der Waals surface area contributed by atoms with Crippen LogP contribution >= 0.6 is 0 Å². The molecule has 124 valence electrons. The second-order valence-corrected chi connectivity index (χ2v) is 5.68. The van der Waals surface area contributed by atoms with Crippen molar-refractivity contribution in [1.29, 1.82) is 0 Å². The molecule has 0 saturated heterocycles. The Balaban J connectivity index is 1.66. The highest BCUT2D eigenvalue weighted by molar-refractivity contribution is 6.06. The molecule has 0 saturated carbocycles. The Kier molecular flexibility index (Phi) is 3.57. The molecule has 0 aliphatic rings. The minimum atomic E-state index is -0.485. The van der Waals surface area contributed by atoms with E-state index in [2.05, 4.69) is 15.5 Å². The van der Waals surface area contributed by atoms with Crippen molar-refractivity contribution in [2.24, 2.45) is 0 Å². The maximum Gasteiger partial charge on any atom is 0.291 e. The fourth-order valence-corrected chi connectivity index (χ4v) is 2.79. The summed E-state index contributed by atoms with van der Waals surface area (Å²) in [6.45, 7) is 1.74. The zero-order valence-electron chi connectivity index (χ0n) is 13.3. The first-order valence-electron chi connectivity index (χ1n) is 7.72. The van der Waals surface area contributed by atoms with Crippen LogP contribution in [0.4, 0.5) is 10.1 Å². The van der Waals surface area contributed by atoms with Crippen LogP contribution in [0.5, 0.6) is 0 Å². The van der Waals surface area contributed by atoms with E-state index < -0.39 is 11.7 Å². The van der Waals surface area contributed by atoms with E-state index in [4.69, 9.17) is 4.42 Å². The molecule has 4 rings (SSSR count). The first kappa shape index (κ1) is 15.1. The molecule has 0 spiro atoms. The molecule has 0 radical (unpaired) electrons. The van der Waals surface area contributed by atoms with Crippen molar-refractivity contribution < 1.29 is 13.6 Å². The number of hydrogen-bond donors (Lipinski definition) is 2. The first-order valence-corrected chi connectivity index (χ1v) is 7.72. The Labute approximate surface area is 142 Å². The van der Waals surface area contributed by atoms with Crippen molar-refractivity contribution >= 4 is 22.6 Å². The number of nitrogens with one attached hydrogen (secondary N) is 2. The van der Waals surface area contributed by atoms with Gasteiger partial charge in [0.15, 0.2) is 17.2 Å². The number of furan rings is 1. The minimum Gasteiger partial charge on any atom is -0.448 e. The van der Waals surface area contributed by atoms with Gasteiger partial charge in [0.2, 0.25) is 0 Å². The number of aryl methyl sites for hydroxylation is 1. The highest BCUT2D eigenvalue weighted by Gasteiger charge is 2.19. The number of aromatic nitrogens is 2. The number of aromatic amines is 1. The number of carbonyl (C=O) groups excluding carboxylic acids is 1. The third kappa shape index (κ3) is 2.67. The Bertz CT molecular complexity index is 1070. The van der Waals surface area contributed by atoms with Crippen LogP contribution in [0, 0.1) is 12.7 Å². The van der Waals surface area contributed by atoms with Gasteiger partial charge in [0.25, 0.3) is 5.91 Å². The van der Waals surface area contributed by atoms with Crippen molar-refractivity contribution in [3.05, 3.63) is 71.9 Å². The maximum absolute atomic E-state index is 13.8. The lowest BCUT2D eigenvalue weighted by molar-refractivity contribution is 0.0997. The molecule has 2 heterocycles. The first-order chi connectivity index (χ1) is 12.1. The molecule has 4 aromatic rings. The van der Waals surface area contributed by atoms with Crippen LogP contribution in [0.25, 0.3) is 22.2 Å². The number of hydrogen-bond acceptors (Lipinski definition) is 3. The number of para-hydroxylation sites is 1. The molecular weight excluding hydrogens is 321 g/mol. The molecule has 25 heavy (non-hydrogen) atoms. The molecule has 0 aliphatic heterocycles. The smallest absolute Gasteiger partial charge is 0.291 e. The normalized spacial score (nSPS) is 11.0. The molecule has 5 nitrogen and oxygen atoms in total. The predicted octanol–water partition coefficient (Wildman–Crippen LogP) is 4.52. The lowest BCUT2D eigenvalue weighted by Gasteiger charge is -2.06. The standard InChI is InChI=1S/C19H14FN3O2/c1-11-14-6-3-7-15(20)18(14)25-17(11)19(24)22-13-5-2-4-12(10-13)16-8-9-21-23-16/h2-10H,1H3,(H,21,23)(H,22,24). The average molecular weight is 335 g/mol. The Morgan fingerprint density at radius 3 is 2.80 bits per heavy atom. The van der Waals surface area contributed by atoms with Gasteiger partial charge in [0.1, 0.15) is 0 Å². The summed E-state index contributed by atoms with van der Waals surface area (Å²) in [5.74, 6) is -0.803. The van der Waals surface area contributed by atoms with Crippen LogP contribution in [0.1, 0.15) is 16.1 Å². The number of carbonyl (C=O) groups is 1. The third-order valence-corrected chi connectivity index (χ3v) is 4.05. The second-order valence-electron chi connectivity index (χ2n) is 5.68. The minimum absolute atomic E-state index is 0.0939. The molecule has 6 heteroatoms. The van der Waals surface area contributed by atoms with Gasteiger partial charge >= 0.3 is 0 Å². The molecule has 0 fully saturated rings. The Morgan fingerprint density at radius 2 is 2.04 bits per heavy atom. The zero-order chi connectivity index (χ0) is 17.4. The zero-order valence-corrected chi connectivity index (χ0v) is 13.3. The van der Waals surface area contributed by atoms with Crippen LogP contribution in [-0.2, 0) is 0 Å². The third-order valence-electron chi connectivity index (χ3n) is 4.05. The molecule has 2 aromatic heterocycles. The van der Waals surface area contributed by atoms with Crippen molar-refractivity contribution in [3.8, 4) is 11.3 Å². The van der Waals surface area contributed by atoms with Crippen LogP contribution in [0.3, 0.4) is 0 Å². The van der Waals surface area contributed by atoms with E-state index in [1.165, 1.54) is 6.07 Å². The molecule has 2 N–H and O–H groups in total. The Morgan fingerprint density at radius 1 is 1.20 bits per heavy atom. The largest absolute Gasteiger partial charge is 0.448 e. The number of nitrogens with zero attached hydrogens (tertiary/aromatic N) is 1. The summed E-state index contributed by atoms with van der Waals surface area (Å²) in [6, 6.07) is 13.8. The van der Waals surface area contributed by atoms with E-state index in [1.807, 2.05) is 24.3 Å². The summed E-state index contributed by atoms with van der Waals surface area (Å²) in [7, 11) is 0. The van der Waals surface area contributed by atoms with Crippen molar-refractivity contribution in [2.75, 3.05) is 5.32 Å². The summed E-state index contributed by atoms with van der Waals surface area (Å²) in [5.41, 5.74) is 3.05. The molecular formula is C19H14FN3O2. The Hall–Kier alpha value is -3.41. The molecule has 0 aliphatic carbocycles. The molecule has 0 unspecified atom stereocenters. The SMILES string of the molecule is Cc1c(C(=O)Nc2cccc(-c3ccn[nH]3)c2)oc2c(F)cccc12. The summed E-state index contributed by atoms with van der Waals surface area (Å²) in [6.07, 6.45) is 1.66. The van der Waals surface area contributed by atoms with Crippen molar-refractivity contribution in [3.63, 3.8) is 0 Å². The van der Waals surface area contributed by atoms with Crippen LogP contribution < -0.4 is 5.32 Å². The molecule has 0 bridgehead atoms. The number of rotatable bonds is 3.